The number of hydrogen-bond donors (Lipinski definition) is 2. The van der Waals surface area contributed by atoms with E-state index in [0.29, 0.717) is 12.1 Å². The summed E-state index contributed by atoms with van der Waals surface area (Å²) in [6, 6.07) is 0.943. The van der Waals surface area contributed by atoms with E-state index in [1.807, 2.05) is 6.92 Å². The maximum atomic E-state index is 9.54. The molecule has 0 aromatic carbocycles. The third-order valence-electron chi connectivity index (χ3n) is 2.53. The number of hydrogen-bond acceptors (Lipinski definition) is 2. The molecule has 1 heterocycles. The van der Waals surface area contributed by atoms with Gasteiger partial charge in [-0.05, 0) is 26.2 Å². The molecule has 1 saturated heterocycles. The normalized spacial score (nSPS) is 35.2. The van der Waals surface area contributed by atoms with E-state index in [-0.39, 0.29) is 6.10 Å². The average Bonchev–Trinajstić information content (AvgIpc) is 2.03. The second kappa shape index (κ2) is 4.07. The summed E-state index contributed by atoms with van der Waals surface area (Å²) in [5.74, 6) is 0. The van der Waals surface area contributed by atoms with Crippen molar-refractivity contribution in [1.82, 2.24) is 5.32 Å². The first-order valence-electron chi connectivity index (χ1n) is 4.68. The monoisotopic (exact) mass is 157 g/mol. The van der Waals surface area contributed by atoms with Crippen LogP contribution in [0.3, 0.4) is 0 Å². The molecule has 0 spiro atoms. The van der Waals surface area contributed by atoms with Crippen molar-refractivity contribution in [2.45, 2.75) is 57.7 Å². The molecule has 1 aliphatic heterocycles. The molecule has 0 aromatic rings. The van der Waals surface area contributed by atoms with Gasteiger partial charge in [0.15, 0.2) is 0 Å². The molecule has 0 saturated carbocycles. The van der Waals surface area contributed by atoms with Gasteiger partial charge >= 0.3 is 0 Å². The molecule has 0 radical (unpaired) electrons. The van der Waals surface area contributed by atoms with E-state index >= 15 is 0 Å². The van der Waals surface area contributed by atoms with Crippen molar-refractivity contribution >= 4 is 0 Å². The predicted octanol–water partition coefficient (Wildman–Crippen LogP) is 1.29. The third kappa shape index (κ3) is 2.46. The van der Waals surface area contributed by atoms with Gasteiger partial charge in [0, 0.05) is 12.1 Å². The topological polar surface area (TPSA) is 32.3 Å². The molecular formula is C9H19NO. The summed E-state index contributed by atoms with van der Waals surface area (Å²) in [6.45, 7) is 4.22. The zero-order valence-electron chi connectivity index (χ0n) is 7.51. The molecule has 1 aliphatic rings. The Labute approximate surface area is 69.0 Å². The molecular weight excluding hydrogens is 138 g/mol. The fourth-order valence-electron chi connectivity index (χ4n) is 1.76. The zero-order chi connectivity index (χ0) is 8.27. The van der Waals surface area contributed by atoms with Crippen molar-refractivity contribution in [2.24, 2.45) is 0 Å². The van der Waals surface area contributed by atoms with Gasteiger partial charge in [0.1, 0.15) is 0 Å². The van der Waals surface area contributed by atoms with Crippen molar-refractivity contribution in [3.8, 4) is 0 Å². The minimum absolute atomic E-state index is 0.141. The van der Waals surface area contributed by atoms with Crippen LogP contribution in [0.15, 0.2) is 0 Å². The first-order chi connectivity index (χ1) is 5.24. The Hall–Kier alpha value is -0.0800. The van der Waals surface area contributed by atoms with E-state index in [4.69, 9.17) is 0 Å². The van der Waals surface area contributed by atoms with Crippen molar-refractivity contribution in [3.63, 3.8) is 0 Å². The lowest BCUT2D eigenvalue weighted by molar-refractivity contribution is 0.0997. The summed E-state index contributed by atoms with van der Waals surface area (Å²) < 4.78 is 0. The summed E-state index contributed by atoms with van der Waals surface area (Å²) in [5, 5.41) is 13.0. The van der Waals surface area contributed by atoms with E-state index in [1.165, 1.54) is 12.8 Å². The molecule has 2 N–H and O–H groups in total. The number of aliphatic hydroxyl groups is 1. The van der Waals surface area contributed by atoms with Gasteiger partial charge in [-0.1, -0.05) is 13.3 Å². The van der Waals surface area contributed by atoms with Crippen molar-refractivity contribution < 1.29 is 5.11 Å². The van der Waals surface area contributed by atoms with Gasteiger partial charge in [0.05, 0.1) is 6.10 Å². The Balaban J connectivity index is 2.33. The summed E-state index contributed by atoms with van der Waals surface area (Å²) in [4.78, 5) is 0. The second-order valence-corrected chi connectivity index (χ2v) is 3.58. The second-order valence-electron chi connectivity index (χ2n) is 3.58. The van der Waals surface area contributed by atoms with Crippen LogP contribution in [0.5, 0.6) is 0 Å². The molecule has 0 amide bonds. The Morgan fingerprint density at radius 1 is 1.55 bits per heavy atom. The smallest absolute Gasteiger partial charge is 0.0690 e. The third-order valence-corrected chi connectivity index (χ3v) is 2.53. The van der Waals surface area contributed by atoms with Crippen molar-refractivity contribution in [1.29, 1.82) is 0 Å². The first-order valence-corrected chi connectivity index (χ1v) is 4.68. The molecule has 11 heavy (non-hydrogen) atoms. The largest absolute Gasteiger partial charge is 0.392 e. The molecule has 1 fully saturated rings. The van der Waals surface area contributed by atoms with Gasteiger partial charge in [0.2, 0.25) is 0 Å². The number of piperidine rings is 1. The van der Waals surface area contributed by atoms with Crippen LogP contribution < -0.4 is 5.32 Å². The fourth-order valence-corrected chi connectivity index (χ4v) is 1.76. The van der Waals surface area contributed by atoms with Crippen molar-refractivity contribution in [2.75, 3.05) is 0 Å². The molecule has 1 rings (SSSR count). The van der Waals surface area contributed by atoms with Gasteiger partial charge in [-0.3, -0.25) is 0 Å². The summed E-state index contributed by atoms with van der Waals surface area (Å²) in [7, 11) is 0. The lowest BCUT2D eigenvalue weighted by atomic mass is 9.95. The molecule has 0 aliphatic carbocycles. The van der Waals surface area contributed by atoms with Crippen LogP contribution >= 0.6 is 0 Å². The Bertz CT molecular complexity index is 116. The highest BCUT2D eigenvalue weighted by molar-refractivity contribution is 4.82. The highest BCUT2D eigenvalue weighted by Gasteiger charge is 2.22. The molecule has 0 bridgehead atoms. The Morgan fingerprint density at radius 3 is 2.82 bits per heavy atom. The highest BCUT2D eigenvalue weighted by Crippen LogP contribution is 2.15. The minimum atomic E-state index is -0.141. The van der Waals surface area contributed by atoms with Gasteiger partial charge in [-0.2, -0.15) is 0 Å². The Kier molecular flexibility index (Phi) is 3.34. The highest BCUT2D eigenvalue weighted by atomic mass is 16.3. The number of aliphatic hydroxyl groups excluding tert-OH is 1. The predicted molar refractivity (Wildman–Crippen MR) is 46.5 cm³/mol. The van der Waals surface area contributed by atoms with Crippen LogP contribution in [0.4, 0.5) is 0 Å². The maximum absolute atomic E-state index is 9.54. The lowest BCUT2D eigenvalue weighted by Gasteiger charge is -2.31. The van der Waals surface area contributed by atoms with Crippen LogP contribution in [-0.2, 0) is 0 Å². The molecule has 66 valence electrons. The van der Waals surface area contributed by atoms with E-state index in [9.17, 15) is 5.11 Å². The minimum Gasteiger partial charge on any atom is -0.392 e. The number of rotatable bonds is 2. The molecule has 2 nitrogen and oxygen atoms in total. The van der Waals surface area contributed by atoms with E-state index in [0.717, 1.165) is 12.8 Å². The van der Waals surface area contributed by atoms with Crippen molar-refractivity contribution in [3.05, 3.63) is 0 Å². The van der Waals surface area contributed by atoms with E-state index < -0.39 is 0 Å². The van der Waals surface area contributed by atoms with Gasteiger partial charge in [0.25, 0.3) is 0 Å². The summed E-state index contributed by atoms with van der Waals surface area (Å²) in [5.41, 5.74) is 0. The quantitative estimate of drug-likeness (QED) is 0.633. The van der Waals surface area contributed by atoms with E-state index in [1.54, 1.807) is 0 Å². The van der Waals surface area contributed by atoms with Gasteiger partial charge in [-0.15, -0.1) is 0 Å². The van der Waals surface area contributed by atoms with Gasteiger partial charge < -0.3 is 10.4 Å². The van der Waals surface area contributed by atoms with Crippen LogP contribution in [0.25, 0.3) is 0 Å². The summed E-state index contributed by atoms with van der Waals surface area (Å²) >= 11 is 0. The SMILES string of the molecule is CC[C@@H](O)[C@H]1CCC[C@@H](C)N1. The van der Waals surface area contributed by atoms with Crippen LogP contribution in [-0.4, -0.2) is 23.3 Å². The molecule has 0 unspecified atom stereocenters. The maximum Gasteiger partial charge on any atom is 0.0690 e. The molecule has 0 aromatic heterocycles. The standard InChI is InChI=1S/C9H19NO/c1-3-9(11)8-6-4-5-7(2)10-8/h7-11H,3-6H2,1-2H3/t7-,8-,9-/m1/s1. The molecule has 3 atom stereocenters. The van der Waals surface area contributed by atoms with Crippen LogP contribution in [0.1, 0.15) is 39.5 Å². The van der Waals surface area contributed by atoms with Crippen LogP contribution in [0.2, 0.25) is 0 Å². The molecule has 2 heteroatoms. The van der Waals surface area contributed by atoms with Crippen LogP contribution in [0, 0.1) is 0 Å². The summed E-state index contributed by atoms with van der Waals surface area (Å²) in [6.07, 6.45) is 4.38. The Morgan fingerprint density at radius 2 is 2.27 bits per heavy atom. The van der Waals surface area contributed by atoms with E-state index in [2.05, 4.69) is 12.2 Å². The average molecular weight is 157 g/mol. The first kappa shape index (κ1) is 9.01. The van der Waals surface area contributed by atoms with Gasteiger partial charge in [-0.25, -0.2) is 0 Å². The lowest BCUT2D eigenvalue weighted by Crippen LogP contribution is -2.47. The number of nitrogens with one attached hydrogen (secondary N) is 1. The fraction of sp³-hybridized carbons (Fsp3) is 1.00. The zero-order valence-corrected chi connectivity index (χ0v) is 7.51.